The van der Waals surface area contributed by atoms with Crippen LogP contribution in [0, 0.1) is 6.92 Å². The highest BCUT2D eigenvalue weighted by molar-refractivity contribution is 6.28. The van der Waals surface area contributed by atoms with Crippen molar-refractivity contribution >= 4 is 34.0 Å². The third kappa shape index (κ3) is 3.80. The van der Waals surface area contributed by atoms with Gasteiger partial charge in [-0.3, -0.25) is 4.79 Å². The van der Waals surface area contributed by atoms with Gasteiger partial charge in [0.15, 0.2) is 0 Å². The summed E-state index contributed by atoms with van der Waals surface area (Å²) in [6.07, 6.45) is 3.24. The molecule has 3 aromatic rings. The highest BCUT2D eigenvalue weighted by atomic mass is 35.5. The molecule has 0 bridgehead atoms. The van der Waals surface area contributed by atoms with E-state index in [1.165, 1.54) is 11.8 Å². The molecule has 0 spiro atoms. The van der Waals surface area contributed by atoms with Crippen LogP contribution in [0.25, 0.3) is 10.8 Å². The van der Waals surface area contributed by atoms with Gasteiger partial charge in [0, 0.05) is 17.8 Å². The molecule has 1 saturated carbocycles. The summed E-state index contributed by atoms with van der Waals surface area (Å²) in [6, 6.07) is 10.2. The molecule has 0 atom stereocenters. The Labute approximate surface area is 156 Å². The lowest BCUT2D eigenvalue weighted by Gasteiger charge is -2.13. The van der Waals surface area contributed by atoms with Gasteiger partial charge in [0.05, 0.1) is 5.39 Å². The van der Waals surface area contributed by atoms with Crippen LogP contribution in [0.5, 0.6) is 0 Å². The second kappa shape index (κ2) is 7.33. The number of hydrogen-bond acceptors (Lipinski definition) is 5. The molecule has 1 aliphatic rings. The molecule has 0 amide bonds. The third-order valence-electron chi connectivity index (χ3n) is 4.38. The molecule has 0 saturated heterocycles. The number of halogens is 1. The van der Waals surface area contributed by atoms with E-state index in [1.807, 2.05) is 29.7 Å². The van der Waals surface area contributed by atoms with Gasteiger partial charge in [0.1, 0.15) is 11.6 Å². The number of hydrogen-bond donors (Lipinski definition) is 2. The first-order valence-electron chi connectivity index (χ1n) is 8.60. The number of fused-ring (bicyclic) bond motifs is 1. The van der Waals surface area contributed by atoms with E-state index in [0.29, 0.717) is 6.04 Å². The standard InChI is InChI=1S/C15H17NO.C4H5ClN4/c1-3-12-9-11-6-4-5-10(2)14(11)15(17)16(12)13-7-8-13;5-4-8-2(6)1-3(7)9-4/h4-6,9,13H,3,7-8H2,1-2H3;1H,(H4,6,7,8,9). The third-order valence-corrected chi connectivity index (χ3v) is 4.55. The van der Waals surface area contributed by atoms with Crippen LogP contribution in [-0.2, 0) is 6.42 Å². The first-order valence-corrected chi connectivity index (χ1v) is 8.97. The second-order valence-electron chi connectivity index (χ2n) is 6.42. The van der Waals surface area contributed by atoms with Crippen molar-refractivity contribution in [1.29, 1.82) is 0 Å². The monoisotopic (exact) mass is 371 g/mol. The lowest BCUT2D eigenvalue weighted by molar-refractivity contribution is 0.670. The number of aromatic nitrogens is 3. The number of pyridine rings is 1. The van der Waals surface area contributed by atoms with Gasteiger partial charge in [-0.2, -0.15) is 0 Å². The fourth-order valence-corrected chi connectivity index (χ4v) is 3.26. The minimum atomic E-state index is 0.0764. The van der Waals surface area contributed by atoms with E-state index in [0.717, 1.165) is 35.6 Å². The van der Waals surface area contributed by atoms with Crippen LogP contribution >= 0.6 is 11.6 Å². The Morgan fingerprint density at radius 2 is 1.85 bits per heavy atom. The average molecular weight is 372 g/mol. The quantitative estimate of drug-likeness (QED) is 0.671. The predicted octanol–water partition coefficient (Wildman–Crippen LogP) is 3.50. The molecule has 136 valence electrons. The van der Waals surface area contributed by atoms with Crippen molar-refractivity contribution in [3.63, 3.8) is 0 Å². The van der Waals surface area contributed by atoms with E-state index >= 15 is 0 Å². The molecule has 1 aromatic carbocycles. The molecule has 1 fully saturated rings. The summed E-state index contributed by atoms with van der Waals surface area (Å²) in [7, 11) is 0. The molecule has 2 heterocycles. The lowest BCUT2D eigenvalue weighted by Crippen LogP contribution is -2.23. The lowest BCUT2D eigenvalue weighted by atomic mass is 10.1. The van der Waals surface area contributed by atoms with Crippen molar-refractivity contribution in [3.8, 4) is 0 Å². The number of nitrogens with two attached hydrogens (primary N) is 2. The maximum atomic E-state index is 12.6. The van der Waals surface area contributed by atoms with Crippen LogP contribution in [-0.4, -0.2) is 14.5 Å². The Balaban J connectivity index is 0.000000185. The van der Waals surface area contributed by atoms with Crippen LogP contribution in [0.2, 0.25) is 5.28 Å². The molecule has 0 unspecified atom stereocenters. The first-order chi connectivity index (χ1) is 12.4. The second-order valence-corrected chi connectivity index (χ2v) is 6.76. The van der Waals surface area contributed by atoms with Crippen molar-refractivity contribution < 1.29 is 0 Å². The van der Waals surface area contributed by atoms with Gasteiger partial charge in [-0.05, 0) is 54.8 Å². The summed E-state index contributed by atoms with van der Waals surface area (Å²) >= 11 is 5.37. The number of aryl methyl sites for hydroxylation is 2. The van der Waals surface area contributed by atoms with Gasteiger partial charge in [-0.1, -0.05) is 25.1 Å². The Bertz CT molecular complexity index is 960. The van der Waals surface area contributed by atoms with Gasteiger partial charge in [-0.25, -0.2) is 9.97 Å². The average Bonchev–Trinajstić information content (AvgIpc) is 3.38. The molecule has 6 nitrogen and oxygen atoms in total. The molecule has 2 aromatic heterocycles. The fraction of sp³-hybridized carbons (Fsp3) is 0.316. The number of benzene rings is 1. The predicted molar refractivity (Wildman–Crippen MR) is 106 cm³/mol. The molecule has 1 aliphatic carbocycles. The summed E-state index contributed by atoms with van der Waals surface area (Å²) in [5.41, 5.74) is 13.0. The van der Waals surface area contributed by atoms with Crippen molar-refractivity contribution in [2.24, 2.45) is 0 Å². The zero-order valence-corrected chi connectivity index (χ0v) is 15.6. The summed E-state index contributed by atoms with van der Waals surface area (Å²) in [6.45, 7) is 4.14. The highest BCUT2D eigenvalue weighted by Crippen LogP contribution is 2.35. The van der Waals surface area contributed by atoms with Crippen molar-refractivity contribution in [1.82, 2.24) is 14.5 Å². The largest absolute Gasteiger partial charge is 0.383 e. The Morgan fingerprint density at radius 1 is 1.19 bits per heavy atom. The first kappa shape index (κ1) is 18.2. The van der Waals surface area contributed by atoms with Gasteiger partial charge in [0.25, 0.3) is 5.56 Å². The number of rotatable bonds is 2. The van der Waals surface area contributed by atoms with Crippen molar-refractivity contribution in [2.45, 2.75) is 39.2 Å². The van der Waals surface area contributed by atoms with Gasteiger partial charge in [0.2, 0.25) is 5.28 Å². The van der Waals surface area contributed by atoms with Gasteiger partial charge >= 0.3 is 0 Å². The van der Waals surface area contributed by atoms with E-state index < -0.39 is 0 Å². The van der Waals surface area contributed by atoms with E-state index in [9.17, 15) is 4.79 Å². The van der Waals surface area contributed by atoms with Gasteiger partial charge in [-0.15, -0.1) is 0 Å². The maximum absolute atomic E-state index is 12.6. The van der Waals surface area contributed by atoms with Crippen LogP contribution in [0.3, 0.4) is 0 Å². The Morgan fingerprint density at radius 3 is 2.38 bits per heavy atom. The molecule has 4 rings (SSSR count). The molecule has 0 aliphatic heterocycles. The molecule has 0 radical (unpaired) electrons. The molecular weight excluding hydrogens is 350 g/mol. The zero-order chi connectivity index (χ0) is 18.8. The zero-order valence-electron chi connectivity index (χ0n) is 14.9. The van der Waals surface area contributed by atoms with Crippen molar-refractivity contribution in [2.75, 3.05) is 11.5 Å². The number of anilines is 2. The molecule has 4 N–H and O–H groups in total. The minimum Gasteiger partial charge on any atom is -0.383 e. The number of nitrogen functional groups attached to an aromatic ring is 2. The van der Waals surface area contributed by atoms with Crippen LogP contribution in [0.1, 0.15) is 37.1 Å². The Kier molecular flexibility index (Phi) is 5.13. The summed E-state index contributed by atoms with van der Waals surface area (Å²) in [4.78, 5) is 19.7. The normalized spacial score (nSPS) is 13.3. The van der Waals surface area contributed by atoms with E-state index in [4.69, 9.17) is 23.1 Å². The minimum absolute atomic E-state index is 0.0764. The van der Waals surface area contributed by atoms with E-state index in [1.54, 1.807) is 0 Å². The van der Waals surface area contributed by atoms with Crippen LogP contribution in [0.15, 0.2) is 35.1 Å². The highest BCUT2D eigenvalue weighted by Gasteiger charge is 2.27. The topological polar surface area (TPSA) is 99.8 Å². The smallest absolute Gasteiger partial charge is 0.259 e. The van der Waals surface area contributed by atoms with Crippen molar-refractivity contribution in [3.05, 3.63) is 57.2 Å². The van der Waals surface area contributed by atoms with E-state index in [2.05, 4.69) is 23.0 Å². The summed E-state index contributed by atoms with van der Waals surface area (Å²) < 4.78 is 2.02. The number of nitrogens with zero attached hydrogens (tertiary/aromatic N) is 3. The fourth-order valence-electron chi connectivity index (χ4n) is 3.06. The molecular formula is C19H22ClN5O. The maximum Gasteiger partial charge on any atom is 0.259 e. The van der Waals surface area contributed by atoms with E-state index in [-0.39, 0.29) is 22.5 Å². The van der Waals surface area contributed by atoms with Crippen LogP contribution < -0.4 is 17.0 Å². The summed E-state index contributed by atoms with van der Waals surface area (Å²) in [5, 5.41) is 2.06. The SMILES string of the molecule is CCc1cc2cccc(C)c2c(=O)n1C1CC1.Nc1cc(N)nc(Cl)n1. The molecule has 26 heavy (non-hydrogen) atoms. The van der Waals surface area contributed by atoms with Gasteiger partial charge < -0.3 is 16.0 Å². The van der Waals surface area contributed by atoms with Crippen LogP contribution in [0.4, 0.5) is 11.6 Å². The Hall–Kier alpha value is -2.60. The summed E-state index contributed by atoms with van der Waals surface area (Å²) in [5.74, 6) is 0.569. The molecule has 7 heteroatoms.